The molecule has 1 N–H and O–H groups in total. The summed E-state index contributed by atoms with van der Waals surface area (Å²) in [6, 6.07) is 17.6. The first-order valence-electron chi connectivity index (χ1n) is 10.1. The van der Waals surface area contributed by atoms with Crippen LogP contribution in [0.4, 0.5) is 0 Å². The summed E-state index contributed by atoms with van der Waals surface area (Å²) < 4.78 is 2.20. The third-order valence-corrected chi connectivity index (χ3v) is 5.47. The second-order valence-electron chi connectivity index (χ2n) is 7.68. The first-order valence-corrected chi connectivity index (χ1v) is 10.1. The van der Waals surface area contributed by atoms with E-state index >= 15 is 0 Å². The lowest BCUT2D eigenvalue weighted by Gasteiger charge is -2.32. The molecule has 0 unspecified atom stereocenters. The van der Waals surface area contributed by atoms with Crippen LogP contribution in [0.15, 0.2) is 54.6 Å². The molecule has 0 aliphatic carbocycles. The van der Waals surface area contributed by atoms with Gasteiger partial charge in [0.25, 0.3) is 0 Å². The zero-order chi connectivity index (χ0) is 20.2. The van der Waals surface area contributed by atoms with Crippen LogP contribution in [0.1, 0.15) is 42.2 Å². The van der Waals surface area contributed by atoms with E-state index in [0.29, 0.717) is 25.9 Å². The Kier molecular flexibility index (Phi) is 5.60. The third kappa shape index (κ3) is 4.47. The largest absolute Gasteiger partial charge is 0.508 e. The molecule has 4 rings (SSSR count). The second-order valence-corrected chi connectivity index (χ2v) is 7.68. The van der Waals surface area contributed by atoms with Gasteiger partial charge >= 0.3 is 0 Å². The van der Waals surface area contributed by atoms with Gasteiger partial charge in [0.15, 0.2) is 5.82 Å². The van der Waals surface area contributed by atoms with Crippen LogP contribution in [0, 0.1) is 0 Å². The number of phenols is 1. The van der Waals surface area contributed by atoms with E-state index in [-0.39, 0.29) is 17.7 Å². The minimum Gasteiger partial charge on any atom is -0.508 e. The van der Waals surface area contributed by atoms with Gasteiger partial charge in [-0.25, -0.2) is 0 Å². The number of benzene rings is 2. The molecule has 1 aliphatic heterocycles. The van der Waals surface area contributed by atoms with Crippen LogP contribution < -0.4 is 0 Å². The Morgan fingerprint density at radius 3 is 2.62 bits per heavy atom. The number of rotatable bonds is 6. The number of hydrogen-bond donors (Lipinski definition) is 1. The van der Waals surface area contributed by atoms with Gasteiger partial charge in [-0.1, -0.05) is 42.5 Å². The van der Waals surface area contributed by atoms with Crippen molar-refractivity contribution < 1.29 is 9.90 Å². The maximum absolute atomic E-state index is 12.7. The van der Waals surface area contributed by atoms with E-state index in [0.717, 1.165) is 30.1 Å². The van der Waals surface area contributed by atoms with E-state index < -0.39 is 0 Å². The predicted octanol–water partition coefficient (Wildman–Crippen LogP) is 3.30. The lowest BCUT2D eigenvalue weighted by Crippen LogP contribution is -2.40. The topological polar surface area (TPSA) is 71.2 Å². The first kappa shape index (κ1) is 19.2. The average Bonchev–Trinajstić information content (AvgIpc) is 3.15. The number of amides is 1. The zero-order valence-corrected chi connectivity index (χ0v) is 16.7. The molecule has 1 aromatic heterocycles. The Labute approximate surface area is 170 Å². The number of carbonyl (C=O) groups excluding carboxylic acids is 1. The molecule has 0 saturated heterocycles. The van der Waals surface area contributed by atoms with E-state index in [1.807, 2.05) is 17.0 Å². The molecule has 1 atom stereocenters. The van der Waals surface area contributed by atoms with E-state index in [1.165, 1.54) is 5.56 Å². The summed E-state index contributed by atoms with van der Waals surface area (Å²) in [6.07, 6.45) is 2.81. The normalized spacial score (nSPS) is 15.9. The minimum atomic E-state index is 0.111. The molecular formula is C23H26N4O2. The van der Waals surface area contributed by atoms with Gasteiger partial charge in [0, 0.05) is 19.4 Å². The van der Waals surface area contributed by atoms with Gasteiger partial charge in [0.2, 0.25) is 5.91 Å². The second kappa shape index (κ2) is 8.47. The van der Waals surface area contributed by atoms with Crippen LogP contribution in [0.2, 0.25) is 0 Å². The zero-order valence-electron chi connectivity index (χ0n) is 16.7. The van der Waals surface area contributed by atoms with Crippen molar-refractivity contribution in [1.82, 2.24) is 19.7 Å². The highest BCUT2D eigenvalue weighted by atomic mass is 16.3. The van der Waals surface area contributed by atoms with Gasteiger partial charge in [-0.3, -0.25) is 4.79 Å². The van der Waals surface area contributed by atoms with Crippen LogP contribution in [0.5, 0.6) is 5.75 Å². The number of carbonyl (C=O) groups is 1. The standard InChI is InChI=1S/C23H26N4O2/c1-17-15-26(23(29)13-11-19-8-5-9-20(28)14-19)16-22-25-24-21(27(17)22)12-10-18-6-3-2-4-7-18/h2-9,14,17,28H,10-13,15-16H2,1H3/t17-/m0/s1. The molecule has 6 nitrogen and oxygen atoms in total. The summed E-state index contributed by atoms with van der Waals surface area (Å²) in [6.45, 7) is 3.29. The molecule has 150 valence electrons. The van der Waals surface area contributed by atoms with E-state index in [4.69, 9.17) is 0 Å². The molecular weight excluding hydrogens is 364 g/mol. The number of aromatic nitrogens is 3. The lowest BCUT2D eigenvalue weighted by atomic mass is 10.1. The molecule has 29 heavy (non-hydrogen) atoms. The third-order valence-electron chi connectivity index (χ3n) is 5.47. The average molecular weight is 390 g/mol. The summed E-state index contributed by atoms with van der Waals surface area (Å²) in [5, 5.41) is 18.4. The van der Waals surface area contributed by atoms with Gasteiger partial charge in [0.05, 0.1) is 12.6 Å². The molecule has 0 saturated carbocycles. The molecule has 1 aliphatic rings. The Hall–Kier alpha value is -3.15. The van der Waals surface area contributed by atoms with Crippen LogP contribution in [-0.4, -0.2) is 37.2 Å². The van der Waals surface area contributed by atoms with Crippen molar-refractivity contribution in [2.45, 2.75) is 45.2 Å². The van der Waals surface area contributed by atoms with Crippen LogP contribution in [0.3, 0.4) is 0 Å². The van der Waals surface area contributed by atoms with Crippen molar-refractivity contribution in [1.29, 1.82) is 0 Å². The monoisotopic (exact) mass is 390 g/mol. The van der Waals surface area contributed by atoms with Gasteiger partial charge in [-0.15, -0.1) is 10.2 Å². The summed E-state index contributed by atoms with van der Waals surface area (Å²) >= 11 is 0. The molecule has 2 heterocycles. The highest BCUT2D eigenvalue weighted by Crippen LogP contribution is 2.23. The van der Waals surface area contributed by atoms with Crippen molar-refractivity contribution in [2.75, 3.05) is 6.54 Å². The highest BCUT2D eigenvalue weighted by molar-refractivity contribution is 5.76. The number of phenolic OH excluding ortho intramolecular Hbond substituents is 1. The number of fused-ring (bicyclic) bond motifs is 1. The molecule has 2 aromatic carbocycles. The number of aryl methyl sites for hydroxylation is 3. The quantitative estimate of drug-likeness (QED) is 0.701. The molecule has 0 bridgehead atoms. The molecule has 0 radical (unpaired) electrons. The first-order chi connectivity index (χ1) is 14.1. The molecule has 0 spiro atoms. The van der Waals surface area contributed by atoms with Crippen molar-refractivity contribution in [3.05, 3.63) is 77.4 Å². The maximum atomic E-state index is 12.7. The SMILES string of the molecule is C[C@H]1CN(C(=O)CCc2cccc(O)c2)Cc2nnc(CCc3ccccc3)n21. The lowest BCUT2D eigenvalue weighted by molar-refractivity contribution is -0.133. The fourth-order valence-corrected chi connectivity index (χ4v) is 4.00. The van der Waals surface area contributed by atoms with Gasteiger partial charge < -0.3 is 14.6 Å². The van der Waals surface area contributed by atoms with Gasteiger partial charge in [-0.2, -0.15) is 0 Å². The Morgan fingerprint density at radius 1 is 1.03 bits per heavy atom. The van der Waals surface area contributed by atoms with Crippen molar-refractivity contribution >= 4 is 5.91 Å². The summed E-state index contributed by atoms with van der Waals surface area (Å²) in [5.41, 5.74) is 2.26. The maximum Gasteiger partial charge on any atom is 0.223 e. The number of hydrogen-bond acceptors (Lipinski definition) is 4. The Balaban J connectivity index is 1.38. The Morgan fingerprint density at radius 2 is 1.83 bits per heavy atom. The Bertz CT molecular complexity index is 984. The van der Waals surface area contributed by atoms with Gasteiger partial charge in [-0.05, 0) is 43.0 Å². The van der Waals surface area contributed by atoms with Crippen LogP contribution in [0.25, 0.3) is 0 Å². The molecule has 1 amide bonds. The van der Waals surface area contributed by atoms with Crippen molar-refractivity contribution in [3.8, 4) is 5.75 Å². The van der Waals surface area contributed by atoms with Crippen molar-refractivity contribution in [2.24, 2.45) is 0 Å². The summed E-state index contributed by atoms with van der Waals surface area (Å²) in [7, 11) is 0. The summed E-state index contributed by atoms with van der Waals surface area (Å²) in [5.74, 6) is 2.19. The summed E-state index contributed by atoms with van der Waals surface area (Å²) in [4.78, 5) is 14.6. The fraction of sp³-hybridized carbons (Fsp3) is 0.348. The molecule has 6 heteroatoms. The van der Waals surface area contributed by atoms with Crippen LogP contribution >= 0.6 is 0 Å². The molecule has 0 fully saturated rings. The smallest absolute Gasteiger partial charge is 0.223 e. The van der Waals surface area contributed by atoms with E-state index in [2.05, 4.69) is 46.0 Å². The van der Waals surface area contributed by atoms with Crippen molar-refractivity contribution in [3.63, 3.8) is 0 Å². The van der Waals surface area contributed by atoms with E-state index in [1.54, 1.807) is 18.2 Å². The van der Waals surface area contributed by atoms with E-state index in [9.17, 15) is 9.90 Å². The fourth-order valence-electron chi connectivity index (χ4n) is 4.00. The number of aromatic hydroxyl groups is 1. The number of nitrogens with zero attached hydrogens (tertiary/aromatic N) is 4. The molecule has 3 aromatic rings. The van der Waals surface area contributed by atoms with Gasteiger partial charge in [0.1, 0.15) is 11.6 Å². The minimum absolute atomic E-state index is 0.111. The highest BCUT2D eigenvalue weighted by Gasteiger charge is 2.28. The van der Waals surface area contributed by atoms with Crippen LogP contribution in [-0.2, 0) is 30.6 Å². The predicted molar refractivity (Wildman–Crippen MR) is 110 cm³/mol.